The normalized spacial score (nSPS) is 21.4. The zero-order valence-corrected chi connectivity index (χ0v) is 15.0. The van der Waals surface area contributed by atoms with Crippen LogP contribution in [0.5, 0.6) is 0 Å². The maximum atomic E-state index is 4.84. The first-order chi connectivity index (χ1) is 12.3. The SMILES string of the molecule is Cc1nc2c(c(N3CCC(c4nncn4C4CC4)CC3)n1)CCCC2. The van der Waals surface area contributed by atoms with Crippen molar-refractivity contribution < 1.29 is 0 Å². The third-order valence-electron chi connectivity index (χ3n) is 5.97. The molecule has 0 radical (unpaired) electrons. The molecule has 0 aromatic carbocycles. The molecule has 0 bridgehead atoms. The fourth-order valence-electron chi connectivity index (χ4n) is 4.48. The summed E-state index contributed by atoms with van der Waals surface area (Å²) in [6.45, 7) is 4.15. The number of fused-ring (bicyclic) bond motifs is 1. The molecule has 3 heterocycles. The summed E-state index contributed by atoms with van der Waals surface area (Å²) < 4.78 is 2.33. The highest BCUT2D eigenvalue weighted by Crippen LogP contribution is 2.39. The fourth-order valence-corrected chi connectivity index (χ4v) is 4.48. The number of piperidine rings is 1. The second kappa shape index (κ2) is 6.07. The third kappa shape index (κ3) is 2.81. The van der Waals surface area contributed by atoms with E-state index in [4.69, 9.17) is 9.97 Å². The van der Waals surface area contributed by atoms with E-state index in [1.165, 1.54) is 48.6 Å². The van der Waals surface area contributed by atoms with Crippen LogP contribution in [0, 0.1) is 6.92 Å². The Balaban J connectivity index is 1.35. The third-order valence-corrected chi connectivity index (χ3v) is 5.97. The molecule has 132 valence electrons. The van der Waals surface area contributed by atoms with Crippen molar-refractivity contribution in [3.63, 3.8) is 0 Å². The number of hydrogen-bond donors (Lipinski definition) is 0. The summed E-state index contributed by atoms with van der Waals surface area (Å²) in [5, 5.41) is 8.64. The van der Waals surface area contributed by atoms with Gasteiger partial charge in [0.05, 0.1) is 0 Å². The number of hydrogen-bond acceptors (Lipinski definition) is 5. The molecule has 2 aromatic heterocycles. The van der Waals surface area contributed by atoms with Crippen LogP contribution in [0.15, 0.2) is 6.33 Å². The van der Waals surface area contributed by atoms with Gasteiger partial charge in [-0.15, -0.1) is 10.2 Å². The number of anilines is 1. The summed E-state index contributed by atoms with van der Waals surface area (Å²) in [6, 6.07) is 0.666. The van der Waals surface area contributed by atoms with E-state index < -0.39 is 0 Å². The number of nitrogens with zero attached hydrogens (tertiary/aromatic N) is 6. The molecule has 3 aliphatic rings. The zero-order valence-electron chi connectivity index (χ0n) is 15.0. The van der Waals surface area contributed by atoms with Crippen LogP contribution in [0.2, 0.25) is 0 Å². The van der Waals surface area contributed by atoms with Crippen molar-refractivity contribution in [1.82, 2.24) is 24.7 Å². The van der Waals surface area contributed by atoms with E-state index in [1.54, 1.807) is 0 Å². The molecule has 1 aliphatic heterocycles. The molecule has 2 fully saturated rings. The molecule has 6 heteroatoms. The fraction of sp³-hybridized carbons (Fsp3) is 0.684. The van der Waals surface area contributed by atoms with Crippen molar-refractivity contribution >= 4 is 5.82 Å². The van der Waals surface area contributed by atoms with E-state index in [-0.39, 0.29) is 0 Å². The molecule has 5 rings (SSSR count). The number of rotatable bonds is 3. The van der Waals surface area contributed by atoms with Crippen LogP contribution in [-0.2, 0) is 12.8 Å². The van der Waals surface area contributed by atoms with Gasteiger partial charge in [0.2, 0.25) is 0 Å². The van der Waals surface area contributed by atoms with Crippen molar-refractivity contribution in [2.24, 2.45) is 0 Å². The molecule has 6 nitrogen and oxygen atoms in total. The largest absolute Gasteiger partial charge is 0.356 e. The van der Waals surface area contributed by atoms with Crippen LogP contribution in [0.1, 0.15) is 73.4 Å². The lowest BCUT2D eigenvalue weighted by Crippen LogP contribution is -2.35. The summed E-state index contributed by atoms with van der Waals surface area (Å²) in [5.74, 6) is 3.89. The highest BCUT2D eigenvalue weighted by molar-refractivity contribution is 5.50. The predicted octanol–water partition coefficient (Wildman–Crippen LogP) is 2.97. The molecule has 1 saturated carbocycles. The van der Waals surface area contributed by atoms with E-state index in [9.17, 15) is 0 Å². The average Bonchev–Trinajstić information content (AvgIpc) is 3.38. The van der Waals surface area contributed by atoms with Gasteiger partial charge in [0, 0.05) is 36.3 Å². The predicted molar refractivity (Wildman–Crippen MR) is 95.9 cm³/mol. The van der Waals surface area contributed by atoms with Gasteiger partial charge in [-0.1, -0.05) is 0 Å². The Morgan fingerprint density at radius 3 is 2.60 bits per heavy atom. The van der Waals surface area contributed by atoms with E-state index in [0.717, 1.165) is 44.6 Å². The van der Waals surface area contributed by atoms with Crippen LogP contribution in [-0.4, -0.2) is 37.8 Å². The molecular formula is C19H26N6. The summed E-state index contributed by atoms with van der Waals surface area (Å²) in [6.07, 6.45) is 11.6. The minimum atomic E-state index is 0.540. The van der Waals surface area contributed by atoms with Gasteiger partial charge >= 0.3 is 0 Å². The minimum absolute atomic E-state index is 0.540. The average molecular weight is 338 g/mol. The first kappa shape index (κ1) is 15.3. The summed E-state index contributed by atoms with van der Waals surface area (Å²) in [7, 11) is 0. The Morgan fingerprint density at radius 1 is 1.00 bits per heavy atom. The van der Waals surface area contributed by atoms with Gasteiger partial charge in [-0.25, -0.2) is 9.97 Å². The van der Waals surface area contributed by atoms with Gasteiger partial charge < -0.3 is 9.47 Å². The van der Waals surface area contributed by atoms with Crippen molar-refractivity contribution in [3.8, 4) is 0 Å². The Bertz CT molecular complexity index is 770. The Hall–Kier alpha value is -1.98. The zero-order chi connectivity index (χ0) is 16.8. The molecule has 2 aromatic rings. The Labute approximate surface area is 148 Å². The van der Waals surface area contributed by atoms with E-state index in [0.29, 0.717) is 12.0 Å². The van der Waals surface area contributed by atoms with Crippen molar-refractivity contribution in [2.75, 3.05) is 18.0 Å². The molecule has 2 aliphatic carbocycles. The van der Waals surface area contributed by atoms with Crippen molar-refractivity contribution in [2.45, 2.75) is 70.3 Å². The van der Waals surface area contributed by atoms with Crippen LogP contribution >= 0.6 is 0 Å². The molecule has 0 spiro atoms. The Morgan fingerprint density at radius 2 is 1.80 bits per heavy atom. The van der Waals surface area contributed by atoms with Crippen LogP contribution in [0.4, 0.5) is 5.82 Å². The number of aryl methyl sites for hydroxylation is 2. The van der Waals surface area contributed by atoms with Crippen molar-refractivity contribution in [1.29, 1.82) is 0 Å². The highest BCUT2D eigenvalue weighted by Gasteiger charge is 2.32. The molecule has 0 unspecified atom stereocenters. The molecular weight excluding hydrogens is 312 g/mol. The van der Waals surface area contributed by atoms with Gasteiger partial charge in [-0.05, 0) is 58.3 Å². The lowest BCUT2D eigenvalue weighted by atomic mass is 9.93. The molecule has 0 N–H and O–H groups in total. The van der Waals surface area contributed by atoms with Crippen LogP contribution in [0.25, 0.3) is 0 Å². The lowest BCUT2D eigenvalue weighted by Gasteiger charge is -2.34. The quantitative estimate of drug-likeness (QED) is 0.861. The second-order valence-corrected chi connectivity index (χ2v) is 7.82. The van der Waals surface area contributed by atoms with Gasteiger partial charge in [0.25, 0.3) is 0 Å². The molecule has 25 heavy (non-hydrogen) atoms. The highest BCUT2D eigenvalue weighted by atomic mass is 15.3. The monoisotopic (exact) mass is 338 g/mol. The molecule has 0 atom stereocenters. The van der Waals surface area contributed by atoms with Crippen LogP contribution in [0.3, 0.4) is 0 Å². The lowest BCUT2D eigenvalue weighted by molar-refractivity contribution is 0.461. The van der Waals surface area contributed by atoms with E-state index >= 15 is 0 Å². The summed E-state index contributed by atoms with van der Waals surface area (Å²) in [4.78, 5) is 12.0. The molecule has 1 saturated heterocycles. The van der Waals surface area contributed by atoms with E-state index in [2.05, 4.69) is 19.7 Å². The van der Waals surface area contributed by atoms with E-state index in [1.807, 2.05) is 13.3 Å². The summed E-state index contributed by atoms with van der Waals surface area (Å²) in [5.41, 5.74) is 2.71. The van der Waals surface area contributed by atoms with Gasteiger partial charge in [0.15, 0.2) is 0 Å². The first-order valence-corrected chi connectivity index (χ1v) is 9.80. The smallest absolute Gasteiger partial charge is 0.136 e. The second-order valence-electron chi connectivity index (χ2n) is 7.82. The van der Waals surface area contributed by atoms with Crippen LogP contribution < -0.4 is 4.90 Å². The maximum absolute atomic E-state index is 4.84. The number of aromatic nitrogens is 5. The summed E-state index contributed by atoms with van der Waals surface area (Å²) >= 11 is 0. The standard InChI is InChI=1S/C19H26N6/c1-13-21-17-5-3-2-4-16(17)19(22-13)24-10-8-14(9-11-24)18-23-20-12-25(18)15-6-7-15/h12,14-15H,2-11H2,1H3. The first-order valence-electron chi connectivity index (χ1n) is 9.80. The maximum Gasteiger partial charge on any atom is 0.136 e. The molecule has 0 amide bonds. The minimum Gasteiger partial charge on any atom is -0.356 e. The Kier molecular flexibility index (Phi) is 3.71. The van der Waals surface area contributed by atoms with Gasteiger partial charge in [-0.3, -0.25) is 0 Å². The topological polar surface area (TPSA) is 59.7 Å². The van der Waals surface area contributed by atoms with Gasteiger partial charge in [-0.2, -0.15) is 0 Å². The van der Waals surface area contributed by atoms with Gasteiger partial charge in [0.1, 0.15) is 23.8 Å². The van der Waals surface area contributed by atoms with Crippen molar-refractivity contribution in [3.05, 3.63) is 29.2 Å².